The molecule has 0 aliphatic carbocycles. The zero-order valence-corrected chi connectivity index (χ0v) is 8.34. The molecule has 0 unspecified atom stereocenters. The van der Waals surface area contributed by atoms with Crippen molar-refractivity contribution in [3.63, 3.8) is 0 Å². The molecule has 0 spiro atoms. The second-order valence-corrected chi connectivity index (χ2v) is 3.20. The van der Waals surface area contributed by atoms with E-state index in [1.54, 1.807) is 0 Å². The number of hydrogen-bond acceptors (Lipinski definition) is 4. The lowest BCUT2D eigenvalue weighted by molar-refractivity contribution is -0.385. The first-order chi connectivity index (χ1) is 7.29. The third kappa shape index (κ3) is 2.09. The van der Waals surface area contributed by atoms with Crippen molar-refractivity contribution < 1.29 is 18.1 Å². The SMILES string of the molecule is N#Cc1c([N+](=O)[O-])ccc(S)c1C(F)(F)F. The molecular formula is C8H3F3N2O2S. The fourth-order valence-electron chi connectivity index (χ4n) is 1.13. The molecule has 0 heterocycles. The Morgan fingerprint density at radius 3 is 2.38 bits per heavy atom. The molecule has 0 bridgehead atoms. The number of nitrogens with zero attached hydrogens (tertiary/aromatic N) is 2. The Morgan fingerprint density at radius 2 is 2.00 bits per heavy atom. The smallest absolute Gasteiger partial charge is 0.258 e. The number of rotatable bonds is 1. The van der Waals surface area contributed by atoms with Gasteiger partial charge in [-0.2, -0.15) is 18.4 Å². The van der Waals surface area contributed by atoms with E-state index in [0.29, 0.717) is 0 Å². The van der Waals surface area contributed by atoms with E-state index in [-0.39, 0.29) is 0 Å². The fourth-order valence-corrected chi connectivity index (χ4v) is 1.45. The van der Waals surface area contributed by atoms with Crippen LogP contribution in [0, 0.1) is 21.4 Å². The Labute approximate surface area is 92.9 Å². The average Bonchev–Trinajstić information content (AvgIpc) is 2.14. The van der Waals surface area contributed by atoms with Gasteiger partial charge in [-0.25, -0.2) is 0 Å². The van der Waals surface area contributed by atoms with Crippen LogP contribution >= 0.6 is 12.6 Å². The standard InChI is InChI=1S/C8H3F3N2O2S/c9-8(10,11)7-4(3-12)5(13(14)15)1-2-6(7)16/h1-2,16H. The molecular weight excluding hydrogens is 245 g/mol. The lowest BCUT2D eigenvalue weighted by Gasteiger charge is -2.10. The first-order valence-electron chi connectivity index (χ1n) is 3.76. The van der Waals surface area contributed by atoms with Crippen molar-refractivity contribution in [1.82, 2.24) is 0 Å². The molecule has 16 heavy (non-hydrogen) atoms. The highest BCUT2D eigenvalue weighted by atomic mass is 32.1. The van der Waals surface area contributed by atoms with Crippen LogP contribution in [0.3, 0.4) is 0 Å². The van der Waals surface area contributed by atoms with Gasteiger partial charge < -0.3 is 0 Å². The Balaban J connectivity index is 3.66. The van der Waals surface area contributed by atoms with Gasteiger partial charge in [0.05, 0.1) is 10.5 Å². The van der Waals surface area contributed by atoms with Gasteiger partial charge in [-0.1, -0.05) is 0 Å². The molecule has 8 heteroatoms. The number of halogens is 3. The predicted molar refractivity (Wildman–Crippen MR) is 50.1 cm³/mol. The largest absolute Gasteiger partial charge is 0.419 e. The van der Waals surface area contributed by atoms with Crippen LogP contribution in [0.1, 0.15) is 11.1 Å². The second kappa shape index (κ2) is 4.02. The summed E-state index contributed by atoms with van der Waals surface area (Å²) in [7, 11) is 0. The Morgan fingerprint density at radius 1 is 1.44 bits per heavy atom. The number of benzene rings is 1. The third-order valence-electron chi connectivity index (χ3n) is 1.75. The van der Waals surface area contributed by atoms with E-state index >= 15 is 0 Å². The highest BCUT2D eigenvalue weighted by molar-refractivity contribution is 7.80. The highest BCUT2D eigenvalue weighted by Crippen LogP contribution is 2.39. The van der Waals surface area contributed by atoms with Crippen LogP contribution in [0.5, 0.6) is 0 Å². The molecule has 1 aromatic rings. The lowest BCUT2D eigenvalue weighted by Crippen LogP contribution is -2.11. The van der Waals surface area contributed by atoms with Crippen molar-refractivity contribution in [1.29, 1.82) is 5.26 Å². The molecule has 0 radical (unpaired) electrons. The van der Waals surface area contributed by atoms with Crippen LogP contribution in [0.15, 0.2) is 17.0 Å². The van der Waals surface area contributed by atoms with Crippen LogP contribution < -0.4 is 0 Å². The fraction of sp³-hybridized carbons (Fsp3) is 0.125. The maximum absolute atomic E-state index is 12.5. The topological polar surface area (TPSA) is 66.9 Å². The van der Waals surface area contributed by atoms with Gasteiger partial charge in [0.25, 0.3) is 5.69 Å². The molecule has 0 saturated heterocycles. The third-order valence-corrected chi connectivity index (χ3v) is 2.13. The zero-order chi connectivity index (χ0) is 12.5. The highest BCUT2D eigenvalue weighted by Gasteiger charge is 2.39. The van der Waals surface area contributed by atoms with Gasteiger partial charge in [-0.3, -0.25) is 10.1 Å². The van der Waals surface area contributed by atoms with E-state index in [2.05, 4.69) is 12.6 Å². The Kier molecular flexibility index (Phi) is 3.09. The molecule has 4 nitrogen and oxygen atoms in total. The zero-order valence-electron chi connectivity index (χ0n) is 7.45. The quantitative estimate of drug-likeness (QED) is 0.472. The van der Waals surface area contributed by atoms with E-state index < -0.39 is 32.8 Å². The molecule has 0 N–H and O–H groups in total. The molecule has 0 aliphatic heterocycles. The maximum atomic E-state index is 12.5. The number of thiol groups is 1. The molecule has 0 aliphatic rings. The number of alkyl halides is 3. The summed E-state index contributed by atoms with van der Waals surface area (Å²) < 4.78 is 37.6. The summed E-state index contributed by atoms with van der Waals surface area (Å²) in [5.74, 6) is 0. The molecule has 0 saturated carbocycles. The van der Waals surface area contributed by atoms with Crippen molar-refractivity contribution in [2.75, 3.05) is 0 Å². The Hall–Kier alpha value is -1.75. The van der Waals surface area contributed by atoms with Crippen molar-refractivity contribution in [3.05, 3.63) is 33.4 Å². The van der Waals surface area contributed by atoms with Gasteiger partial charge >= 0.3 is 6.18 Å². The van der Waals surface area contributed by atoms with Gasteiger partial charge in [0.1, 0.15) is 11.6 Å². The van der Waals surface area contributed by atoms with Crippen molar-refractivity contribution in [2.45, 2.75) is 11.1 Å². The predicted octanol–water partition coefficient (Wildman–Crippen LogP) is 2.77. The number of nitro groups is 1. The lowest BCUT2D eigenvalue weighted by atomic mass is 10.1. The minimum absolute atomic E-state index is 0.519. The van der Waals surface area contributed by atoms with E-state index in [1.165, 1.54) is 6.07 Å². The normalized spacial score (nSPS) is 10.9. The minimum Gasteiger partial charge on any atom is -0.258 e. The first kappa shape index (κ1) is 12.3. The first-order valence-corrected chi connectivity index (χ1v) is 4.21. The van der Waals surface area contributed by atoms with E-state index in [9.17, 15) is 23.3 Å². The van der Waals surface area contributed by atoms with E-state index in [4.69, 9.17) is 5.26 Å². The molecule has 0 amide bonds. The monoisotopic (exact) mass is 248 g/mol. The average molecular weight is 248 g/mol. The molecule has 1 rings (SSSR count). The summed E-state index contributed by atoms with van der Waals surface area (Å²) in [6.07, 6.45) is -4.85. The van der Waals surface area contributed by atoms with Crippen LogP contribution in [0.25, 0.3) is 0 Å². The molecule has 0 atom stereocenters. The number of hydrogen-bond donors (Lipinski definition) is 1. The number of nitro benzene ring substituents is 1. The summed E-state index contributed by atoms with van der Waals surface area (Å²) in [5.41, 5.74) is -3.29. The Bertz CT molecular complexity index is 493. The molecule has 0 fully saturated rings. The second-order valence-electron chi connectivity index (χ2n) is 2.72. The van der Waals surface area contributed by atoms with Gasteiger partial charge in [-0.15, -0.1) is 12.6 Å². The molecule has 84 valence electrons. The van der Waals surface area contributed by atoms with Crippen molar-refractivity contribution in [3.8, 4) is 6.07 Å². The summed E-state index contributed by atoms with van der Waals surface area (Å²) in [6, 6.07) is 2.84. The summed E-state index contributed by atoms with van der Waals surface area (Å²) in [4.78, 5) is 8.87. The van der Waals surface area contributed by atoms with Gasteiger partial charge in [0.15, 0.2) is 0 Å². The van der Waals surface area contributed by atoms with Gasteiger partial charge in [-0.05, 0) is 6.07 Å². The van der Waals surface area contributed by atoms with Crippen LogP contribution in [0.2, 0.25) is 0 Å². The summed E-state index contributed by atoms with van der Waals surface area (Å²) in [5, 5.41) is 19.0. The summed E-state index contributed by atoms with van der Waals surface area (Å²) in [6.45, 7) is 0. The molecule has 0 aromatic heterocycles. The summed E-state index contributed by atoms with van der Waals surface area (Å²) >= 11 is 3.54. The van der Waals surface area contributed by atoms with Crippen molar-refractivity contribution in [2.24, 2.45) is 0 Å². The minimum atomic E-state index is -4.85. The van der Waals surface area contributed by atoms with Gasteiger partial charge in [0, 0.05) is 11.0 Å². The van der Waals surface area contributed by atoms with E-state index in [0.717, 1.165) is 12.1 Å². The van der Waals surface area contributed by atoms with Gasteiger partial charge in [0.2, 0.25) is 0 Å². The van der Waals surface area contributed by atoms with E-state index in [1.807, 2.05) is 0 Å². The van der Waals surface area contributed by atoms with Crippen LogP contribution in [0.4, 0.5) is 18.9 Å². The molecule has 1 aromatic carbocycles. The maximum Gasteiger partial charge on any atom is 0.419 e. The van der Waals surface area contributed by atoms with Crippen molar-refractivity contribution >= 4 is 18.3 Å². The number of nitriles is 1. The van der Waals surface area contributed by atoms with Crippen LogP contribution in [-0.2, 0) is 6.18 Å². The van der Waals surface area contributed by atoms with Crippen LogP contribution in [-0.4, -0.2) is 4.92 Å².